The highest BCUT2D eigenvalue weighted by Gasteiger charge is 2.43. The van der Waals surface area contributed by atoms with E-state index in [0.717, 1.165) is 17.0 Å². The molecule has 1 heterocycles. The van der Waals surface area contributed by atoms with Gasteiger partial charge < -0.3 is 19.8 Å². The van der Waals surface area contributed by atoms with Crippen LogP contribution < -0.4 is 4.90 Å². The number of amides is 4. The van der Waals surface area contributed by atoms with Crippen LogP contribution in [0, 0.1) is 11.7 Å². The van der Waals surface area contributed by atoms with Crippen LogP contribution in [0.1, 0.15) is 42.7 Å². The van der Waals surface area contributed by atoms with E-state index in [4.69, 9.17) is 11.6 Å². The van der Waals surface area contributed by atoms with Crippen molar-refractivity contribution in [2.24, 2.45) is 5.92 Å². The number of likely N-dealkylation sites (N-methyl/N-ethyl adjacent to an activating group) is 1. The number of alkyl halides is 3. The highest BCUT2D eigenvalue weighted by Crippen LogP contribution is 2.37. The highest BCUT2D eigenvalue weighted by atomic mass is 35.5. The molecule has 4 amide bonds. The molecule has 0 radical (unpaired) electrons. The quantitative estimate of drug-likeness (QED) is 0.411. The zero-order valence-electron chi connectivity index (χ0n) is 23.4. The molecule has 0 unspecified atom stereocenters. The SMILES string of the molecule is CN(C(=O)N(C)[C@@H]1CN(C(=O)C2CCC(N(C)C(=O)O)CC2)C[C@H]1c1ccc(F)cc1)c1cc(Cl)cc(C(F)(F)F)c1. The van der Waals surface area contributed by atoms with Crippen LogP contribution in [-0.4, -0.2) is 84.2 Å². The average Bonchev–Trinajstić information content (AvgIpc) is 3.40. The van der Waals surface area contributed by atoms with Crippen LogP contribution in [0.3, 0.4) is 0 Å². The Morgan fingerprint density at radius 2 is 1.55 bits per heavy atom. The van der Waals surface area contributed by atoms with Crippen molar-refractivity contribution >= 4 is 35.3 Å². The molecule has 0 aromatic heterocycles. The number of carbonyl (C=O) groups excluding carboxylic acids is 2. The lowest BCUT2D eigenvalue weighted by Gasteiger charge is -2.34. The smallest absolute Gasteiger partial charge is 0.416 e. The number of nitrogens with zero attached hydrogens (tertiary/aromatic N) is 4. The number of benzene rings is 2. The second-order valence-corrected chi connectivity index (χ2v) is 11.5. The van der Waals surface area contributed by atoms with E-state index < -0.39 is 35.7 Å². The van der Waals surface area contributed by atoms with Crippen LogP contribution in [0.5, 0.6) is 0 Å². The number of urea groups is 1. The van der Waals surface area contributed by atoms with E-state index in [0.29, 0.717) is 31.2 Å². The molecule has 4 rings (SSSR count). The van der Waals surface area contributed by atoms with Gasteiger partial charge in [0.1, 0.15) is 5.82 Å². The van der Waals surface area contributed by atoms with Gasteiger partial charge in [-0.2, -0.15) is 13.2 Å². The topological polar surface area (TPSA) is 84.4 Å². The molecule has 2 aromatic carbocycles. The fraction of sp³-hybridized carbons (Fsp3) is 0.483. The van der Waals surface area contributed by atoms with Gasteiger partial charge >= 0.3 is 18.3 Å². The Balaban J connectivity index is 1.54. The summed E-state index contributed by atoms with van der Waals surface area (Å²) in [4.78, 5) is 43.9. The van der Waals surface area contributed by atoms with Gasteiger partial charge in [0, 0.05) is 62.8 Å². The van der Waals surface area contributed by atoms with Crippen LogP contribution in [0.4, 0.5) is 32.8 Å². The molecule has 1 N–H and O–H groups in total. The summed E-state index contributed by atoms with van der Waals surface area (Å²) in [7, 11) is 4.39. The van der Waals surface area contributed by atoms with Crippen LogP contribution in [0.2, 0.25) is 5.02 Å². The number of likely N-dealkylation sites (tertiary alicyclic amines) is 1. The first-order valence-electron chi connectivity index (χ1n) is 13.6. The minimum atomic E-state index is -4.66. The highest BCUT2D eigenvalue weighted by molar-refractivity contribution is 6.31. The molecule has 2 aliphatic rings. The Bertz CT molecular complexity index is 1320. The number of hydrogen-bond donors (Lipinski definition) is 1. The Kier molecular flexibility index (Phi) is 9.24. The largest absolute Gasteiger partial charge is 0.465 e. The molecular formula is C29H33ClF4N4O4. The van der Waals surface area contributed by atoms with Crippen molar-refractivity contribution in [2.75, 3.05) is 39.1 Å². The molecule has 8 nitrogen and oxygen atoms in total. The molecule has 1 aliphatic heterocycles. The molecule has 0 bridgehead atoms. The van der Waals surface area contributed by atoms with Gasteiger partial charge in [-0.25, -0.2) is 14.0 Å². The molecule has 2 fully saturated rings. The number of anilines is 1. The number of carboxylic acid groups (broad SMARTS) is 1. The van der Waals surface area contributed by atoms with Gasteiger partial charge in [-0.3, -0.25) is 9.69 Å². The Labute approximate surface area is 246 Å². The maximum atomic E-state index is 13.7. The predicted octanol–water partition coefficient (Wildman–Crippen LogP) is 6.15. The van der Waals surface area contributed by atoms with Crippen molar-refractivity contribution in [3.8, 4) is 0 Å². The Hall–Kier alpha value is -3.54. The van der Waals surface area contributed by atoms with Gasteiger partial charge in [0.15, 0.2) is 0 Å². The van der Waals surface area contributed by atoms with Crippen LogP contribution in [0.25, 0.3) is 0 Å². The molecule has 2 aromatic rings. The van der Waals surface area contributed by atoms with E-state index in [1.807, 2.05) is 0 Å². The van der Waals surface area contributed by atoms with E-state index >= 15 is 0 Å². The maximum absolute atomic E-state index is 13.7. The van der Waals surface area contributed by atoms with Crippen molar-refractivity contribution < 1.29 is 37.1 Å². The van der Waals surface area contributed by atoms with Crippen LogP contribution in [-0.2, 0) is 11.0 Å². The van der Waals surface area contributed by atoms with Gasteiger partial charge in [0.05, 0.1) is 11.6 Å². The lowest BCUT2D eigenvalue weighted by Crippen LogP contribution is -2.48. The fourth-order valence-corrected chi connectivity index (χ4v) is 6.17. The Morgan fingerprint density at radius 1 is 0.929 bits per heavy atom. The van der Waals surface area contributed by atoms with Crippen molar-refractivity contribution in [1.29, 1.82) is 0 Å². The standard InChI is InChI=1S/C29H33ClF4N4O4/c1-35(23-13-19(29(32,33)34)12-20(30)14-23)27(40)37(3)25-16-38(15-24(25)17-4-8-21(31)9-5-17)26(39)18-6-10-22(11-7-18)36(2)28(41)42/h4-5,8-9,12-14,18,22,24-25H,6-7,10-11,15-16H2,1-3H3,(H,41,42)/t18?,22?,24-,25+/m0/s1. The average molecular weight is 613 g/mol. The van der Waals surface area contributed by atoms with Gasteiger partial charge in [0.25, 0.3) is 0 Å². The molecule has 2 atom stereocenters. The molecule has 1 saturated heterocycles. The third kappa shape index (κ3) is 6.74. The van der Waals surface area contributed by atoms with Crippen molar-refractivity contribution in [3.63, 3.8) is 0 Å². The molecule has 1 saturated carbocycles. The normalized spacial score (nSPS) is 22.5. The zero-order valence-corrected chi connectivity index (χ0v) is 24.2. The summed E-state index contributed by atoms with van der Waals surface area (Å²) in [5.41, 5.74) is -0.315. The van der Waals surface area contributed by atoms with Gasteiger partial charge in [-0.05, 0) is 61.6 Å². The van der Waals surface area contributed by atoms with Gasteiger partial charge in [0.2, 0.25) is 5.91 Å². The third-order valence-electron chi connectivity index (χ3n) is 8.48. The minimum absolute atomic E-state index is 0.0426. The first-order valence-corrected chi connectivity index (χ1v) is 13.9. The van der Waals surface area contributed by atoms with Crippen LogP contribution >= 0.6 is 11.6 Å². The molecule has 13 heteroatoms. The lowest BCUT2D eigenvalue weighted by molar-refractivity contribution is -0.137. The number of carbonyl (C=O) groups is 3. The van der Waals surface area contributed by atoms with Crippen molar-refractivity contribution in [2.45, 2.75) is 49.9 Å². The summed E-state index contributed by atoms with van der Waals surface area (Å²) in [5.74, 6) is -1.21. The lowest BCUT2D eigenvalue weighted by atomic mass is 9.84. The molecule has 42 heavy (non-hydrogen) atoms. The summed E-state index contributed by atoms with van der Waals surface area (Å²) in [6, 6.07) is 7.38. The van der Waals surface area contributed by atoms with E-state index in [1.165, 1.54) is 49.1 Å². The summed E-state index contributed by atoms with van der Waals surface area (Å²) in [6.45, 7) is 0.441. The van der Waals surface area contributed by atoms with Crippen molar-refractivity contribution in [1.82, 2.24) is 14.7 Å². The molecule has 228 valence electrons. The Morgan fingerprint density at radius 3 is 2.12 bits per heavy atom. The molecule has 0 spiro atoms. The summed E-state index contributed by atoms with van der Waals surface area (Å²) >= 11 is 5.94. The van der Waals surface area contributed by atoms with E-state index in [9.17, 15) is 37.1 Å². The first kappa shape index (κ1) is 31.4. The second kappa shape index (κ2) is 12.4. The van der Waals surface area contributed by atoms with E-state index in [1.54, 1.807) is 17.0 Å². The predicted molar refractivity (Wildman–Crippen MR) is 149 cm³/mol. The summed E-state index contributed by atoms with van der Waals surface area (Å²) < 4.78 is 53.9. The zero-order chi connectivity index (χ0) is 30.9. The van der Waals surface area contributed by atoms with E-state index in [2.05, 4.69) is 0 Å². The monoisotopic (exact) mass is 612 g/mol. The summed E-state index contributed by atoms with van der Waals surface area (Å²) in [6.07, 6.45) is -3.51. The van der Waals surface area contributed by atoms with E-state index in [-0.39, 0.29) is 47.6 Å². The number of hydrogen-bond acceptors (Lipinski definition) is 3. The first-order chi connectivity index (χ1) is 19.7. The second-order valence-electron chi connectivity index (χ2n) is 11.0. The number of rotatable bonds is 5. The number of halogens is 5. The maximum Gasteiger partial charge on any atom is 0.416 e. The summed E-state index contributed by atoms with van der Waals surface area (Å²) in [5, 5.41) is 9.10. The molecule has 1 aliphatic carbocycles. The van der Waals surface area contributed by atoms with Crippen molar-refractivity contribution in [3.05, 3.63) is 64.4 Å². The van der Waals surface area contributed by atoms with Gasteiger partial charge in [-0.15, -0.1) is 0 Å². The van der Waals surface area contributed by atoms with Gasteiger partial charge in [-0.1, -0.05) is 23.7 Å². The van der Waals surface area contributed by atoms with Crippen LogP contribution in [0.15, 0.2) is 42.5 Å². The minimum Gasteiger partial charge on any atom is -0.465 e. The molecular weight excluding hydrogens is 580 g/mol. The fourth-order valence-electron chi connectivity index (χ4n) is 5.94. The third-order valence-corrected chi connectivity index (χ3v) is 8.70.